The second kappa shape index (κ2) is 8.23. The first-order valence-electron chi connectivity index (χ1n) is 9.12. The van der Waals surface area contributed by atoms with Crippen LogP contribution in [0.15, 0.2) is 65.5 Å². The summed E-state index contributed by atoms with van der Waals surface area (Å²) in [5.74, 6) is 1.94. The van der Waals surface area contributed by atoms with Crippen molar-refractivity contribution in [3.63, 3.8) is 0 Å². The molecule has 1 aromatic carbocycles. The first-order valence-corrected chi connectivity index (χ1v) is 10.2. The van der Waals surface area contributed by atoms with Crippen molar-refractivity contribution >= 4 is 11.1 Å². The molecule has 1 saturated heterocycles. The molecule has 0 bridgehead atoms. The molecule has 3 rings (SSSR count). The number of rotatable bonds is 6. The standard InChI is InChI=1S/C21H27NO3S/c1-15(2)22-13-18-6-4-5-7-20(18)21(22)12-16(3)25-14-17-8-10-19(11-9-17)26(23)24/h8-12,18,20H,1,3-7,13-14H2,2H3,(H,23,24)/b21-12-. The molecule has 1 aliphatic carbocycles. The zero-order valence-electron chi connectivity index (χ0n) is 15.3. The van der Waals surface area contributed by atoms with E-state index in [1.54, 1.807) is 24.3 Å². The fourth-order valence-corrected chi connectivity index (χ4v) is 4.37. The van der Waals surface area contributed by atoms with E-state index in [4.69, 9.17) is 9.29 Å². The van der Waals surface area contributed by atoms with E-state index in [1.165, 1.54) is 31.4 Å². The zero-order valence-corrected chi connectivity index (χ0v) is 16.1. The smallest absolute Gasteiger partial charge is 0.186 e. The summed E-state index contributed by atoms with van der Waals surface area (Å²) in [5.41, 5.74) is 3.31. The highest BCUT2D eigenvalue weighted by molar-refractivity contribution is 7.79. The van der Waals surface area contributed by atoms with E-state index in [1.807, 2.05) is 0 Å². The van der Waals surface area contributed by atoms with Gasteiger partial charge in [-0.2, -0.15) is 0 Å². The largest absolute Gasteiger partial charge is 0.489 e. The molecule has 0 spiro atoms. The Kier molecular flexibility index (Phi) is 5.99. The summed E-state index contributed by atoms with van der Waals surface area (Å²) >= 11 is -1.95. The fraction of sp³-hybridized carbons (Fsp3) is 0.429. The van der Waals surface area contributed by atoms with Crippen molar-refractivity contribution in [3.05, 3.63) is 66.2 Å². The summed E-state index contributed by atoms with van der Waals surface area (Å²) in [4.78, 5) is 2.71. The quantitative estimate of drug-likeness (QED) is 0.573. The zero-order chi connectivity index (χ0) is 18.7. The van der Waals surface area contributed by atoms with Crippen LogP contribution in [0.2, 0.25) is 0 Å². The predicted molar refractivity (Wildman–Crippen MR) is 104 cm³/mol. The van der Waals surface area contributed by atoms with Gasteiger partial charge in [0, 0.05) is 23.9 Å². The van der Waals surface area contributed by atoms with Gasteiger partial charge in [0.25, 0.3) is 0 Å². The molecular formula is C21H27NO3S. The SMILES string of the molecule is C=C(/C=C1/C2CCCCC2CN1C(=C)C)OCc1ccc(S(=O)O)cc1. The Morgan fingerprint density at radius 2 is 2.00 bits per heavy atom. The summed E-state index contributed by atoms with van der Waals surface area (Å²) in [6, 6.07) is 6.89. The maximum absolute atomic E-state index is 11.0. The van der Waals surface area contributed by atoms with E-state index in [0.717, 1.165) is 17.8 Å². The fourth-order valence-electron chi connectivity index (χ4n) is 4.00. The van der Waals surface area contributed by atoms with Gasteiger partial charge in [-0.25, -0.2) is 4.21 Å². The van der Waals surface area contributed by atoms with Gasteiger partial charge < -0.3 is 14.2 Å². The number of fused-ring (bicyclic) bond motifs is 1. The summed E-state index contributed by atoms with van der Waals surface area (Å²) in [6.07, 6.45) is 7.20. The van der Waals surface area contributed by atoms with Crippen molar-refractivity contribution in [1.29, 1.82) is 0 Å². The summed E-state index contributed by atoms with van der Waals surface area (Å²) in [5, 5.41) is 0. The van der Waals surface area contributed by atoms with Gasteiger partial charge in [-0.05, 0) is 49.5 Å². The first kappa shape index (κ1) is 18.9. The molecule has 2 aliphatic rings. The number of ether oxygens (including phenoxy) is 1. The Morgan fingerprint density at radius 1 is 1.31 bits per heavy atom. The van der Waals surface area contributed by atoms with E-state index < -0.39 is 11.1 Å². The van der Waals surface area contributed by atoms with Crippen LogP contribution in [-0.4, -0.2) is 20.2 Å². The summed E-state index contributed by atoms with van der Waals surface area (Å²) in [7, 11) is 0. The Morgan fingerprint density at radius 3 is 2.65 bits per heavy atom. The maximum atomic E-state index is 11.0. The molecule has 26 heavy (non-hydrogen) atoms. The molecule has 4 nitrogen and oxygen atoms in total. The van der Waals surface area contributed by atoms with E-state index in [-0.39, 0.29) is 0 Å². The van der Waals surface area contributed by atoms with Gasteiger partial charge >= 0.3 is 0 Å². The van der Waals surface area contributed by atoms with Gasteiger partial charge in [0.2, 0.25) is 0 Å². The first-order chi connectivity index (χ1) is 12.5. The van der Waals surface area contributed by atoms with Gasteiger partial charge in [0.1, 0.15) is 12.4 Å². The second-order valence-electron chi connectivity index (χ2n) is 7.21. The van der Waals surface area contributed by atoms with Crippen LogP contribution in [0.4, 0.5) is 0 Å². The van der Waals surface area contributed by atoms with Crippen molar-refractivity contribution in [2.45, 2.75) is 44.1 Å². The van der Waals surface area contributed by atoms with E-state index in [0.29, 0.717) is 29.1 Å². The molecule has 140 valence electrons. The second-order valence-corrected chi connectivity index (χ2v) is 8.18. The third kappa shape index (κ3) is 4.27. The van der Waals surface area contributed by atoms with E-state index in [9.17, 15) is 4.21 Å². The minimum Gasteiger partial charge on any atom is -0.489 e. The van der Waals surface area contributed by atoms with Gasteiger partial charge in [-0.1, -0.05) is 38.1 Å². The number of allylic oxidation sites excluding steroid dienone is 3. The molecule has 0 radical (unpaired) electrons. The predicted octanol–water partition coefficient (Wildman–Crippen LogP) is 4.84. The van der Waals surface area contributed by atoms with Crippen molar-refractivity contribution in [1.82, 2.24) is 4.90 Å². The highest BCUT2D eigenvalue weighted by atomic mass is 32.2. The Bertz CT molecular complexity index is 738. The monoisotopic (exact) mass is 373 g/mol. The molecule has 0 amide bonds. The van der Waals surface area contributed by atoms with Crippen LogP contribution < -0.4 is 0 Å². The van der Waals surface area contributed by atoms with Crippen LogP contribution in [0, 0.1) is 11.8 Å². The van der Waals surface area contributed by atoms with Crippen LogP contribution in [0.5, 0.6) is 0 Å². The number of benzene rings is 1. The third-order valence-corrected chi connectivity index (χ3v) is 6.01. The van der Waals surface area contributed by atoms with E-state index >= 15 is 0 Å². The molecule has 2 fully saturated rings. The lowest BCUT2D eigenvalue weighted by Crippen LogP contribution is -2.16. The van der Waals surface area contributed by atoms with Gasteiger partial charge in [-0.15, -0.1) is 0 Å². The number of nitrogens with zero attached hydrogens (tertiary/aromatic N) is 1. The molecule has 1 aromatic rings. The molecule has 1 aliphatic heterocycles. The van der Waals surface area contributed by atoms with Gasteiger partial charge in [0.05, 0.1) is 4.90 Å². The summed E-state index contributed by atoms with van der Waals surface area (Å²) in [6.45, 7) is 11.7. The van der Waals surface area contributed by atoms with Crippen molar-refractivity contribution in [2.75, 3.05) is 6.54 Å². The molecule has 3 unspecified atom stereocenters. The van der Waals surface area contributed by atoms with Crippen LogP contribution in [0.3, 0.4) is 0 Å². The highest BCUT2D eigenvalue weighted by Gasteiger charge is 2.38. The molecule has 1 saturated carbocycles. The molecule has 0 aromatic heterocycles. The Balaban J connectivity index is 1.66. The topological polar surface area (TPSA) is 49.8 Å². The molecule has 1 heterocycles. The van der Waals surface area contributed by atoms with Crippen LogP contribution >= 0.6 is 0 Å². The minimum absolute atomic E-state index is 0.390. The number of likely N-dealkylation sites (tertiary alicyclic amines) is 1. The lowest BCUT2D eigenvalue weighted by atomic mass is 9.80. The van der Waals surface area contributed by atoms with Crippen LogP contribution in [0.1, 0.15) is 38.2 Å². The average molecular weight is 374 g/mol. The van der Waals surface area contributed by atoms with Gasteiger partial charge in [0.15, 0.2) is 11.1 Å². The lowest BCUT2D eigenvalue weighted by Gasteiger charge is -2.25. The Labute approximate surface area is 158 Å². The van der Waals surface area contributed by atoms with E-state index in [2.05, 4.69) is 31.1 Å². The average Bonchev–Trinajstić information content (AvgIpc) is 2.99. The van der Waals surface area contributed by atoms with Crippen LogP contribution in [-0.2, 0) is 22.4 Å². The number of hydrogen-bond acceptors (Lipinski definition) is 3. The van der Waals surface area contributed by atoms with Crippen molar-refractivity contribution in [2.24, 2.45) is 11.8 Å². The van der Waals surface area contributed by atoms with Gasteiger partial charge in [-0.3, -0.25) is 0 Å². The van der Waals surface area contributed by atoms with Crippen molar-refractivity contribution < 1.29 is 13.5 Å². The molecule has 5 heteroatoms. The number of hydrogen-bond donors (Lipinski definition) is 1. The Hall–Kier alpha value is -1.85. The normalized spacial score (nSPS) is 25.0. The highest BCUT2D eigenvalue weighted by Crippen LogP contribution is 2.44. The summed E-state index contributed by atoms with van der Waals surface area (Å²) < 4.78 is 25.9. The van der Waals surface area contributed by atoms with Crippen molar-refractivity contribution in [3.8, 4) is 0 Å². The lowest BCUT2D eigenvalue weighted by molar-refractivity contribution is 0.211. The molecular weight excluding hydrogens is 346 g/mol. The molecule has 1 N–H and O–H groups in total. The van der Waals surface area contributed by atoms with Crippen LogP contribution in [0.25, 0.3) is 0 Å². The third-order valence-electron chi connectivity index (χ3n) is 5.34. The maximum Gasteiger partial charge on any atom is 0.186 e. The molecule has 3 atom stereocenters. The minimum atomic E-state index is -1.95.